The maximum atomic E-state index is 13.3. The van der Waals surface area contributed by atoms with Crippen molar-refractivity contribution in [2.24, 2.45) is 7.05 Å². The number of nitrogens with one attached hydrogen (secondary N) is 2. The molecule has 0 saturated carbocycles. The summed E-state index contributed by atoms with van der Waals surface area (Å²) in [6, 6.07) is 13.6. The van der Waals surface area contributed by atoms with Gasteiger partial charge in [0.05, 0.1) is 12.3 Å². The minimum Gasteiger partial charge on any atom is -0.493 e. The van der Waals surface area contributed by atoms with Crippen LogP contribution in [0.3, 0.4) is 0 Å². The first-order valence-electron chi connectivity index (χ1n) is 11.3. The molecule has 2 N–H and O–H groups in total. The normalized spacial score (nSPS) is 15.8. The van der Waals surface area contributed by atoms with Crippen LogP contribution >= 0.6 is 0 Å². The van der Waals surface area contributed by atoms with E-state index >= 15 is 0 Å². The number of hydrogen-bond acceptors (Lipinski definition) is 5. The Bertz CT molecular complexity index is 1080. The molecule has 1 saturated heterocycles. The highest BCUT2D eigenvalue weighted by Crippen LogP contribution is 2.32. The summed E-state index contributed by atoms with van der Waals surface area (Å²) in [5.74, 6) is 0.288. The van der Waals surface area contributed by atoms with Crippen LogP contribution in [0.4, 0.5) is 10.1 Å². The molecular formula is C25H29FN4O3. The molecule has 0 bridgehead atoms. The first-order chi connectivity index (χ1) is 16.1. The molecule has 0 radical (unpaired) electrons. The van der Waals surface area contributed by atoms with Crippen molar-refractivity contribution < 1.29 is 18.7 Å². The Morgan fingerprint density at radius 3 is 2.88 bits per heavy atom. The average Bonchev–Trinajstić information content (AvgIpc) is 3.25. The minimum atomic E-state index is -0.413. The van der Waals surface area contributed by atoms with Gasteiger partial charge in [0.15, 0.2) is 6.61 Å². The highest BCUT2D eigenvalue weighted by molar-refractivity contribution is 5.93. The predicted octanol–water partition coefficient (Wildman–Crippen LogP) is 4.15. The van der Waals surface area contributed by atoms with Gasteiger partial charge in [-0.25, -0.2) is 4.39 Å². The molecule has 2 aromatic carbocycles. The number of aryl methyl sites for hydroxylation is 1. The van der Waals surface area contributed by atoms with Gasteiger partial charge in [-0.1, -0.05) is 12.5 Å². The van der Waals surface area contributed by atoms with Gasteiger partial charge in [0.2, 0.25) is 0 Å². The molecule has 2 heterocycles. The lowest BCUT2D eigenvalue weighted by atomic mass is 10.0. The van der Waals surface area contributed by atoms with E-state index in [2.05, 4.69) is 15.7 Å². The van der Waals surface area contributed by atoms with Gasteiger partial charge in [-0.05, 0) is 62.2 Å². The van der Waals surface area contributed by atoms with E-state index in [1.807, 2.05) is 25.2 Å². The van der Waals surface area contributed by atoms with E-state index in [4.69, 9.17) is 9.47 Å². The number of halogens is 1. The maximum Gasteiger partial charge on any atom is 0.262 e. The van der Waals surface area contributed by atoms with Gasteiger partial charge in [-0.15, -0.1) is 0 Å². The molecule has 3 aromatic rings. The van der Waals surface area contributed by atoms with Crippen LogP contribution in [0.25, 0.3) is 11.3 Å². The number of ether oxygens (including phenoxy) is 2. The molecule has 4 rings (SSSR count). The number of rotatable bonds is 9. The number of piperidine rings is 1. The van der Waals surface area contributed by atoms with Gasteiger partial charge in [-0.2, -0.15) is 5.10 Å². The highest BCUT2D eigenvalue weighted by Gasteiger charge is 2.15. The SMILES string of the molecule is Cn1nccc1-c1cc(NC(=O)COc2cccc(F)c2)ccc1OCCC1CCCCN1. The van der Waals surface area contributed by atoms with Crippen molar-refractivity contribution in [1.82, 2.24) is 15.1 Å². The summed E-state index contributed by atoms with van der Waals surface area (Å²) in [5.41, 5.74) is 2.34. The third-order valence-corrected chi connectivity index (χ3v) is 5.66. The van der Waals surface area contributed by atoms with Crippen LogP contribution in [0.15, 0.2) is 54.7 Å². The molecule has 1 unspecified atom stereocenters. The molecule has 0 spiro atoms. The van der Waals surface area contributed by atoms with Crippen molar-refractivity contribution in [1.29, 1.82) is 0 Å². The summed E-state index contributed by atoms with van der Waals surface area (Å²) in [6.07, 6.45) is 6.35. The van der Waals surface area contributed by atoms with E-state index in [0.717, 1.165) is 30.0 Å². The average molecular weight is 453 g/mol. The van der Waals surface area contributed by atoms with Crippen molar-refractivity contribution in [3.63, 3.8) is 0 Å². The Balaban J connectivity index is 1.41. The summed E-state index contributed by atoms with van der Waals surface area (Å²) in [6.45, 7) is 1.45. The number of carbonyl (C=O) groups is 1. The molecule has 1 atom stereocenters. The second-order valence-corrected chi connectivity index (χ2v) is 8.13. The van der Waals surface area contributed by atoms with Gasteiger partial charge >= 0.3 is 0 Å². The summed E-state index contributed by atoms with van der Waals surface area (Å²) in [4.78, 5) is 12.4. The third-order valence-electron chi connectivity index (χ3n) is 5.66. The molecule has 33 heavy (non-hydrogen) atoms. The smallest absolute Gasteiger partial charge is 0.262 e. The van der Waals surface area contributed by atoms with E-state index in [9.17, 15) is 9.18 Å². The van der Waals surface area contributed by atoms with E-state index in [0.29, 0.717) is 24.1 Å². The Kier molecular flexibility index (Phi) is 7.57. The quantitative estimate of drug-likeness (QED) is 0.510. The van der Waals surface area contributed by atoms with Crippen molar-refractivity contribution in [2.75, 3.05) is 25.1 Å². The van der Waals surface area contributed by atoms with Crippen LogP contribution in [0.5, 0.6) is 11.5 Å². The lowest BCUT2D eigenvalue weighted by Crippen LogP contribution is -2.35. The molecule has 174 valence electrons. The number of hydrogen-bond donors (Lipinski definition) is 2. The Hall–Kier alpha value is -3.39. The third kappa shape index (κ3) is 6.32. The molecule has 1 fully saturated rings. The molecule has 7 nitrogen and oxygen atoms in total. The van der Waals surface area contributed by atoms with Crippen LogP contribution < -0.4 is 20.1 Å². The van der Waals surface area contributed by atoms with Gasteiger partial charge < -0.3 is 20.1 Å². The zero-order valence-electron chi connectivity index (χ0n) is 18.7. The van der Waals surface area contributed by atoms with Crippen molar-refractivity contribution in [3.05, 3.63) is 60.5 Å². The van der Waals surface area contributed by atoms with Gasteiger partial charge in [0, 0.05) is 36.6 Å². The molecular weight excluding hydrogens is 423 g/mol. The van der Waals surface area contributed by atoms with Crippen molar-refractivity contribution in [2.45, 2.75) is 31.7 Å². The fraction of sp³-hybridized carbons (Fsp3) is 0.360. The van der Waals surface area contributed by atoms with E-state index in [-0.39, 0.29) is 12.5 Å². The van der Waals surface area contributed by atoms with Crippen LogP contribution in [0.1, 0.15) is 25.7 Å². The van der Waals surface area contributed by atoms with E-state index in [1.165, 1.54) is 37.5 Å². The zero-order chi connectivity index (χ0) is 23.0. The summed E-state index contributed by atoms with van der Waals surface area (Å²) in [5, 5.41) is 10.6. The number of nitrogens with zero attached hydrogens (tertiary/aromatic N) is 2. The number of benzene rings is 2. The van der Waals surface area contributed by atoms with Crippen LogP contribution in [0, 0.1) is 5.82 Å². The largest absolute Gasteiger partial charge is 0.493 e. The Labute approximate surface area is 192 Å². The monoisotopic (exact) mass is 452 g/mol. The minimum absolute atomic E-state index is 0.225. The first-order valence-corrected chi connectivity index (χ1v) is 11.3. The standard InChI is InChI=1S/C25H29FN4O3/c1-30-23(10-13-28-30)22-16-20(29-25(31)17-33-21-7-4-5-18(26)15-21)8-9-24(22)32-14-11-19-6-2-3-12-27-19/h4-5,7-10,13,15-16,19,27H,2-3,6,11-12,14,17H2,1H3,(H,29,31). The first kappa shape index (κ1) is 22.8. The summed E-state index contributed by atoms with van der Waals surface area (Å²) < 4.78 is 26.6. The highest BCUT2D eigenvalue weighted by atomic mass is 19.1. The van der Waals surface area contributed by atoms with Crippen LogP contribution in [-0.2, 0) is 11.8 Å². The lowest BCUT2D eigenvalue weighted by Gasteiger charge is -2.23. The molecule has 1 aliphatic rings. The summed E-state index contributed by atoms with van der Waals surface area (Å²) >= 11 is 0. The summed E-state index contributed by atoms with van der Waals surface area (Å²) in [7, 11) is 1.86. The predicted molar refractivity (Wildman–Crippen MR) is 125 cm³/mol. The van der Waals surface area contributed by atoms with Crippen LogP contribution in [-0.4, -0.2) is 41.5 Å². The molecule has 1 aliphatic heterocycles. The second kappa shape index (κ2) is 11.0. The van der Waals surface area contributed by atoms with Gasteiger partial charge in [0.1, 0.15) is 17.3 Å². The Morgan fingerprint density at radius 1 is 1.21 bits per heavy atom. The Morgan fingerprint density at radius 2 is 2.12 bits per heavy atom. The molecule has 1 amide bonds. The number of carbonyl (C=O) groups excluding carboxylic acids is 1. The number of anilines is 1. The fourth-order valence-electron chi connectivity index (χ4n) is 3.96. The van der Waals surface area contributed by atoms with Gasteiger partial charge in [0.25, 0.3) is 5.91 Å². The second-order valence-electron chi connectivity index (χ2n) is 8.13. The number of aromatic nitrogens is 2. The van der Waals surface area contributed by atoms with E-state index < -0.39 is 5.82 Å². The zero-order valence-corrected chi connectivity index (χ0v) is 18.7. The maximum absolute atomic E-state index is 13.3. The molecule has 0 aliphatic carbocycles. The van der Waals surface area contributed by atoms with Crippen molar-refractivity contribution >= 4 is 11.6 Å². The van der Waals surface area contributed by atoms with Gasteiger partial charge in [-0.3, -0.25) is 9.48 Å². The molecule has 8 heteroatoms. The topological polar surface area (TPSA) is 77.4 Å². The van der Waals surface area contributed by atoms with Crippen molar-refractivity contribution in [3.8, 4) is 22.8 Å². The fourth-order valence-corrected chi connectivity index (χ4v) is 3.96. The molecule has 1 aromatic heterocycles. The van der Waals surface area contributed by atoms with E-state index in [1.54, 1.807) is 23.0 Å². The van der Waals surface area contributed by atoms with Crippen LogP contribution in [0.2, 0.25) is 0 Å². The lowest BCUT2D eigenvalue weighted by molar-refractivity contribution is -0.118. The number of amides is 1.